The highest BCUT2D eigenvalue weighted by atomic mass is 16.6. The number of ether oxygens (including phenoxy) is 1. The first-order valence-corrected chi connectivity index (χ1v) is 6.42. The lowest BCUT2D eigenvalue weighted by Crippen LogP contribution is -2.30. The van der Waals surface area contributed by atoms with Crippen molar-refractivity contribution in [1.82, 2.24) is 4.98 Å². The van der Waals surface area contributed by atoms with Crippen LogP contribution in [-0.2, 0) is 4.74 Å². The van der Waals surface area contributed by atoms with E-state index in [1.807, 2.05) is 0 Å². The standard InChI is InChI=1S/C12H16N4O3/c1-13-11-4-7(16(17)18)5-12(15-11)14-9-6-8-2-3-10(9)19-8/h4-5,8-10H,2-3,6H2,1H3,(H2,13,14,15). The van der Waals surface area contributed by atoms with Gasteiger partial charge in [-0.3, -0.25) is 10.1 Å². The molecule has 1 aromatic rings. The number of rotatable bonds is 4. The van der Waals surface area contributed by atoms with E-state index in [9.17, 15) is 10.1 Å². The number of pyridine rings is 1. The van der Waals surface area contributed by atoms with E-state index in [-0.39, 0.29) is 17.8 Å². The Balaban J connectivity index is 1.80. The fourth-order valence-corrected chi connectivity index (χ4v) is 2.80. The van der Waals surface area contributed by atoms with E-state index in [0.29, 0.717) is 17.7 Å². The number of anilines is 2. The summed E-state index contributed by atoms with van der Waals surface area (Å²) < 4.78 is 5.75. The average Bonchev–Trinajstić information content (AvgIpc) is 3.00. The summed E-state index contributed by atoms with van der Waals surface area (Å²) >= 11 is 0. The minimum Gasteiger partial charge on any atom is -0.373 e. The van der Waals surface area contributed by atoms with Crippen LogP contribution in [0.4, 0.5) is 17.3 Å². The molecular formula is C12H16N4O3. The van der Waals surface area contributed by atoms with Gasteiger partial charge in [0.15, 0.2) is 0 Å². The van der Waals surface area contributed by atoms with Crippen LogP contribution in [0.3, 0.4) is 0 Å². The van der Waals surface area contributed by atoms with Gasteiger partial charge in [-0.2, -0.15) is 0 Å². The molecule has 7 nitrogen and oxygen atoms in total. The van der Waals surface area contributed by atoms with Crippen molar-refractivity contribution in [2.75, 3.05) is 17.7 Å². The van der Waals surface area contributed by atoms with Crippen molar-refractivity contribution in [1.29, 1.82) is 0 Å². The molecule has 3 unspecified atom stereocenters. The number of hydrogen-bond acceptors (Lipinski definition) is 6. The lowest BCUT2D eigenvalue weighted by atomic mass is 9.95. The van der Waals surface area contributed by atoms with E-state index in [1.54, 1.807) is 7.05 Å². The molecular weight excluding hydrogens is 248 g/mol. The molecule has 7 heteroatoms. The Morgan fingerprint density at radius 3 is 2.79 bits per heavy atom. The van der Waals surface area contributed by atoms with Crippen LogP contribution in [0.1, 0.15) is 19.3 Å². The zero-order valence-electron chi connectivity index (χ0n) is 10.6. The van der Waals surface area contributed by atoms with Crippen LogP contribution >= 0.6 is 0 Å². The van der Waals surface area contributed by atoms with Crippen LogP contribution in [0.2, 0.25) is 0 Å². The predicted molar refractivity (Wildman–Crippen MR) is 70.4 cm³/mol. The van der Waals surface area contributed by atoms with Crippen molar-refractivity contribution in [2.24, 2.45) is 0 Å². The fourth-order valence-electron chi connectivity index (χ4n) is 2.80. The van der Waals surface area contributed by atoms with Gasteiger partial charge in [-0.25, -0.2) is 4.98 Å². The van der Waals surface area contributed by atoms with Gasteiger partial charge < -0.3 is 15.4 Å². The number of aromatic nitrogens is 1. The van der Waals surface area contributed by atoms with Crippen LogP contribution in [0.25, 0.3) is 0 Å². The van der Waals surface area contributed by atoms with Crippen molar-refractivity contribution < 1.29 is 9.66 Å². The highest BCUT2D eigenvalue weighted by molar-refractivity contribution is 5.55. The van der Waals surface area contributed by atoms with E-state index in [0.717, 1.165) is 19.3 Å². The molecule has 0 saturated carbocycles. The molecule has 0 aromatic carbocycles. The van der Waals surface area contributed by atoms with E-state index in [1.165, 1.54) is 12.1 Å². The van der Waals surface area contributed by atoms with Crippen molar-refractivity contribution in [3.05, 3.63) is 22.2 Å². The van der Waals surface area contributed by atoms with Crippen LogP contribution in [-0.4, -0.2) is 35.2 Å². The average molecular weight is 264 g/mol. The van der Waals surface area contributed by atoms with Crippen molar-refractivity contribution in [3.8, 4) is 0 Å². The maximum Gasteiger partial charge on any atom is 0.276 e. The van der Waals surface area contributed by atoms with Crippen LogP contribution in [0.15, 0.2) is 12.1 Å². The highest BCUT2D eigenvalue weighted by Crippen LogP contribution is 2.36. The topological polar surface area (TPSA) is 89.3 Å². The lowest BCUT2D eigenvalue weighted by Gasteiger charge is -2.20. The largest absolute Gasteiger partial charge is 0.373 e. The summed E-state index contributed by atoms with van der Waals surface area (Å²) in [5, 5.41) is 17.0. The Hall–Kier alpha value is -1.89. The molecule has 0 aliphatic carbocycles. The molecule has 2 saturated heterocycles. The second kappa shape index (κ2) is 4.65. The van der Waals surface area contributed by atoms with E-state index in [4.69, 9.17) is 4.74 Å². The van der Waals surface area contributed by atoms with Crippen molar-refractivity contribution in [2.45, 2.75) is 37.5 Å². The maximum atomic E-state index is 10.9. The minimum absolute atomic E-state index is 0.0333. The minimum atomic E-state index is -0.412. The summed E-state index contributed by atoms with van der Waals surface area (Å²) in [4.78, 5) is 14.8. The first kappa shape index (κ1) is 12.2. The summed E-state index contributed by atoms with van der Waals surface area (Å²) in [5.41, 5.74) is 0.0333. The van der Waals surface area contributed by atoms with Gasteiger partial charge in [-0.15, -0.1) is 0 Å². The molecule has 2 aliphatic heterocycles. The SMILES string of the molecule is CNc1cc([N+](=O)[O-])cc(NC2CC3CCC2O3)n1. The monoisotopic (exact) mass is 264 g/mol. The molecule has 0 spiro atoms. The van der Waals surface area contributed by atoms with E-state index in [2.05, 4.69) is 15.6 Å². The zero-order valence-corrected chi connectivity index (χ0v) is 10.6. The number of nitro groups is 1. The van der Waals surface area contributed by atoms with Crippen molar-refractivity contribution >= 4 is 17.3 Å². The van der Waals surface area contributed by atoms with Crippen molar-refractivity contribution in [3.63, 3.8) is 0 Å². The molecule has 0 radical (unpaired) electrons. The van der Waals surface area contributed by atoms with Gasteiger partial charge in [-0.05, 0) is 19.3 Å². The molecule has 102 valence electrons. The lowest BCUT2D eigenvalue weighted by molar-refractivity contribution is -0.384. The Kier molecular flexibility index (Phi) is 2.98. The van der Waals surface area contributed by atoms with Gasteiger partial charge in [0.25, 0.3) is 5.69 Å². The zero-order chi connectivity index (χ0) is 13.4. The second-order valence-corrected chi connectivity index (χ2v) is 4.96. The van der Waals surface area contributed by atoms with Gasteiger partial charge >= 0.3 is 0 Å². The third-order valence-electron chi connectivity index (χ3n) is 3.72. The van der Waals surface area contributed by atoms with Crippen LogP contribution in [0, 0.1) is 10.1 Å². The fraction of sp³-hybridized carbons (Fsp3) is 0.583. The molecule has 1 aromatic heterocycles. The Morgan fingerprint density at radius 1 is 1.42 bits per heavy atom. The second-order valence-electron chi connectivity index (χ2n) is 4.96. The Morgan fingerprint density at radius 2 is 2.21 bits per heavy atom. The summed E-state index contributed by atoms with van der Waals surface area (Å²) in [6, 6.07) is 3.09. The third-order valence-corrected chi connectivity index (χ3v) is 3.72. The van der Waals surface area contributed by atoms with Gasteiger partial charge in [-0.1, -0.05) is 0 Å². The number of nitrogens with zero attached hydrogens (tertiary/aromatic N) is 2. The molecule has 2 aliphatic rings. The molecule has 2 N–H and O–H groups in total. The summed E-state index contributed by atoms with van der Waals surface area (Å²) in [7, 11) is 1.69. The molecule has 2 fully saturated rings. The van der Waals surface area contributed by atoms with Gasteiger partial charge in [0.1, 0.15) is 11.6 Å². The first-order chi connectivity index (χ1) is 9.15. The molecule has 3 rings (SSSR count). The summed E-state index contributed by atoms with van der Waals surface area (Å²) in [5.74, 6) is 1.01. The first-order valence-electron chi connectivity index (χ1n) is 6.42. The normalized spacial score (nSPS) is 28.4. The number of fused-ring (bicyclic) bond motifs is 2. The Labute approximate surface area is 110 Å². The molecule has 3 heterocycles. The summed E-state index contributed by atoms with van der Waals surface area (Å²) in [6.45, 7) is 0. The molecule has 3 atom stereocenters. The maximum absolute atomic E-state index is 10.9. The molecule has 0 amide bonds. The van der Waals surface area contributed by atoms with Gasteiger partial charge in [0, 0.05) is 7.05 Å². The third kappa shape index (κ3) is 2.33. The van der Waals surface area contributed by atoms with Gasteiger partial charge in [0.05, 0.1) is 35.3 Å². The predicted octanol–water partition coefficient (Wildman–Crippen LogP) is 1.76. The number of nitrogens with one attached hydrogen (secondary N) is 2. The molecule has 2 bridgehead atoms. The molecule has 19 heavy (non-hydrogen) atoms. The summed E-state index contributed by atoms with van der Waals surface area (Å²) in [6.07, 6.45) is 3.67. The van der Waals surface area contributed by atoms with E-state index >= 15 is 0 Å². The van der Waals surface area contributed by atoms with E-state index < -0.39 is 4.92 Å². The number of hydrogen-bond donors (Lipinski definition) is 2. The highest BCUT2D eigenvalue weighted by Gasteiger charge is 2.40. The Bertz CT molecular complexity index is 508. The smallest absolute Gasteiger partial charge is 0.276 e. The van der Waals surface area contributed by atoms with Crippen LogP contribution in [0.5, 0.6) is 0 Å². The van der Waals surface area contributed by atoms with Gasteiger partial charge in [0.2, 0.25) is 0 Å². The van der Waals surface area contributed by atoms with Crippen LogP contribution < -0.4 is 10.6 Å². The quantitative estimate of drug-likeness (QED) is 0.636.